The number of imide groups is 1. The molecule has 0 aliphatic carbocycles. The molecule has 0 bridgehead atoms. The Morgan fingerprint density at radius 3 is 1.74 bits per heavy atom. The lowest BCUT2D eigenvalue weighted by molar-refractivity contribution is -0.147. The second kappa shape index (κ2) is 9.10. The van der Waals surface area contributed by atoms with Gasteiger partial charge in [0.2, 0.25) is 0 Å². The lowest BCUT2D eigenvalue weighted by atomic mass is 10.5. The Balaban J connectivity index is 0.000000259. The van der Waals surface area contributed by atoms with E-state index >= 15 is 0 Å². The van der Waals surface area contributed by atoms with Crippen molar-refractivity contribution >= 4 is 23.8 Å². The molecular formula is C10H11N3O6. The average Bonchev–Trinajstić information content (AvgIpc) is 2.91. The van der Waals surface area contributed by atoms with Gasteiger partial charge in [0.05, 0.1) is 6.33 Å². The van der Waals surface area contributed by atoms with Crippen molar-refractivity contribution in [1.82, 2.24) is 15.3 Å². The normalized spacial score (nSPS) is 11.6. The van der Waals surface area contributed by atoms with E-state index in [4.69, 9.17) is 10.2 Å². The number of carbonyl (C=O) groups excluding carboxylic acids is 2. The van der Waals surface area contributed by atoms with Crippen LogP contribution in [-0.4, -0.2) is 43.9 Å². The molecule has 0 aromatic carbocycles. The Hall–Kier alpha value is -2.97. The third kappa shape index (κ3) is 11.3. The molecule has 0 unspecified atom stereocenters. The van der Waals surface area contributed by atoms with E-state index in [0.717, 1.165) is 0 Å². The molecule has 4 N–H and O–H groups in total. The molecule has 0 atom stereocenters. The van der Waals surface area contributed by atoms with Gasteiger partial charge in [-0.1, -0.05) is 0 Å². The second-order valence-corrected chi connectivity index (χ2v) is 2.91. The van der Waals surface area contributed by atoms with E-state index in [-0.39, 0.29) is 11.8 Å². The zero-order chi connectivity index (χ0) is 14.7. The van der Waals surface area contributed by atoms with Crippen molar-refractivity contribution in [1.29, 1.82) is 0 Å². The van der Waals surface area contributed by atoms with Crippen molar-refractivity contribution in [3.05, 3.63) is 30.9 Å². The first-order valence-electron chi connectivity index (χ1n) is 4.81. The van der Waals surface area contributed by atoms with E-state index in [1.165, 1.54) is 12.2 Å². The van der Waals surface area contributed by atoms with E-state index in [1.807, 2.05) is 5.32 Å². The molecule has 1 aliphatic rings. The number of imidazole rings is 1. The first-order chi connectivity index (χ1) is 8.91. The van der Waals surface area contributed by atoms with Gasteiger partial charge in [-0.2, -0.15) is 0 Å². The maximum Gasteiger partial charge on any atom is 0.314 e. The van der Waals surface area contributed by atoms with Gasteiger partial charge in [-0.25, -0.2) is 4.98 Å². The van der Waals surface area contributed by atoms with Crippen LogP contribution in [0.5, 0.6) is 0 Å². The fourth-order valence-electron chi connectivity index (χ4n) is 0.701. The smallest absolute Gasteiger partial charge is 0.314 e. The van der Waals surface area contributed by atoms with Crippen molar-refractivity contribution in [2.45, 2.75) is 6.42 Å². The summed E-state index contributed by atoms with van der Waals surface area (Å²) < 4.78 is 0. The molecule has 2 amide bonds. The van der Waals surface area contributed by atoms with Gasteiger partial charge in [-0.05, 0) is 0 Å². The summed E-state index contributed by atoms with van der Waals surface area (Å²) in [6.07, 6.45) is 6.67. The fourth-order valence-corrected chi connectivity index (χ4v) is 0.701. The number of aliphatic carboxylic acids is 2. The van der Waals surface area contributed by atoms with Crippen molar-refractivity contribution in [3.63, 3.8) is 0 Å². The summed E-state index contributed by atoms with van der Waals surface area (Å²) in [4.78, 5) is 45.3. The maximum absolute atomic E-state index is 10.0. The minimum absolute atomic E-state index is 0.329. The first-order valence-corrected chi connectivity index (χ1v) is 4.81. The molecule has 0 saturated carbocycles. The number of rotatable bonds is 2. The van der Waals surface area contributed by atoms with Crippen LogP contribution >= 0.6 is 0 Å². The molecule has 2 heterocycles. The van der Waals surface area contributed by atoms with E-state index in [1.54, 1.807) is 18.7 Å². The van der Waals surface area contributed by atoms with Crippen LogP contribution in [0.3, 0.4) is 0 Å². The Morgan fingerprint density at radius 1 is 1.11 bits per heavy atom. The van der Waals surface area contributed by atoms with Crippen molar-refractivity contribution < 1.29 is 29.4 Å². The number of H-pyrrole nitrogens is 1. The van der Waals surface area contributed by atoms with Crippen molar-refractivity contribution in [2.24, 2.45) is 0 Å². The van der Waals surface area contributed by atoms with E-state index in [2.05, 4.69) is 9.97 Å². The van der Waals surface area contributed by atoms with Gasteiger partial charge in [0.15, 0.2) is 0 Å². The molecule has 1 aromatic heterocycles. The van der Waals surface area contributed by atoms with Gasteiger partial charge in [0, 0.05) is 24.5 Å². The number of aromatic nitrogens is 2. The molecule has 9 nitrogen and oxygen atoms in total. The third-order valence-corrected chi connectivity index (χ3v) is 1.34. The van der Waals surface area contributed by atoms with E-state index < -0.39 is 18.4 Å². The summed E-state index contributed by atoms with van der Waals surface area (Å²) in [6.45, 7) is 0. The molecule has 1 aliphatic heterocycles. The molecule has 19 heavy (non-hydrogen) atoms. The van der Waals surface area contributed by atoms with Crippen LogP contribution < -0.4 is 5.32 Å². The second-order valence-electron chi connectivity index (χ2n) is 2.91. The highest BCUT2D eigenvalue weighted by molar-refractivity contribution is 6.12. The van der Waals surface area contributed by atoms with Crippen LogP contribution in [-0.2, 0) is 19.2 Å². The Morgan fingerprint density at radius 2 is 1.63 bits per heavy atom. The lowest BCUT2D eigenvalue weighted by Gasteiger charge is -1.80. The van der Waals surface area contributed by atoms with Gasteiger partial charge >= 0.3 is 11.9 Å². The van der Waals surface area contributed by atoms with Crippen LogP contribution in [0.1, 0.15) is 6.42 Å². The molecular weight excluding hydrogens is 258 g/mol. The molecule has 0 fully saturated rings. The van der Waals surface area contributed by atoms with Crippen LogP contribution in [0.25, 0.3) is 0 Å². The average molecular weight is 269 g/mol. The van der Waals surface area contributed by atoms with E-state index in [9.17, 15) is 19.2 Å². The van der Waals surface area contributed by atoms with Gasteiger partial charge in [0.25, 0.3) is 11.8 Å². The minimum Gasteiger partial charge on any atom is -0.481 e. The van der Waals surface area contributed by atoms with E-state index in [0.29, 0.717) is 0 Å². The first kappa shape index (κ1) is 16.0. The molecule has 102 valence electrons. The van der Waals surface area contributed by atoms with Gasteiger partial charge in [-0.3, -0.25) is 24.5 Å². The zero-order valence-electron chi connectivity index (χ0n) is 9.57. The number of hydrogen-bond acceptors (Lipinski definition) is 5. The summed E-state index contributed by atoms with van der Waals surface area (Å²) in [5, 5.41) is 17.4. The molecule has 0 radical (unpaired) electrons. The Bertz CT molecular complexity index is 420. The van der Waals surface area contributed by atoms with Gasteiger partial charge in [-0.15, -0.1) is 0 Å². The number of nitrogens with zero attached hydrogens (tertiary/aromatic N) is 1. The monoisotopic (exact) mass is 269 g/mol. The van der Waals surface area contributed by atoms with Crippen LogP contribution in [0.4, 0.5) is 0 Å². The summed E-state index contributed by atoms with van der Waals surface area (Å²) >= 11 is 0. The molecule has 2 rings (SSSR count). The number of aromatic amines is 1. The SMILES string of the molecule is O=C(O)CC(=O)O.O=C1C=CC(=O)N1.c1c[nH]cn1. The molecule has 0 spiro atoms. The molecule has 1 aromatic rings. The van der Waals surface area contributed by atoms with Gasteiger partial charge < -0.3 is 15.2 Å². The maximum atomic E-state index is 10.0. The standard InChI is InChI=1S/C4H3NO2.C3H4N2.C3H4O4/c6-3-1-2-4(7)5-3;1-2-5-3-4-1;4-2(5)1-3(6)7/h1-2H,(H,5,6,7);1-3H,(H,4,5);1H2,(H,4,5)(H,6,7). The quantitative estimate of drug-likeness (QED) is 0.403. The van der Waals surface area contributed by atoms with Crippen LogP contribution in [0.15, 0.2) is 30.9 Å². The number of nitrogens with one attached hydrogen (secondary N) is 2. The zero-order valence-corrected chi connectivity index (χ0v) is 9.57. The summed E-state index contributed by atoms with van der Waals surface area (Å²) in [7, 11) is 0. The largest absolute Gasteiger partial charge is 0.481 e. The minimum atomic E-state index is -1.31. The number of carboxylic acids is 2. The number of carboxylic acid groups (broad SMARTS) is 2. The van der Waals surface area contributed by atoms with Crippen LogP contribution in [0.2, 0.25) is 0 Å². The predicted octanol–water partition coefficient (Wildman–Crippen LogP) is -0.846. The highest BCUT2D eigenvalue weighted by atomic mass is 16.4. The third-order valence-electron chi connectivity index (χ3n) is 1.34. The predicted molar refractivity (Wildman–Crippen MR) is 60.8 cm³/mol. The topological polar surface area (TPSA) is 149 Å². The van der Waals surface area contributed by atoms with Crippen molar-refractivity contribution in [3.8, 4) is 0 Å². The summed E-state index contributed by atoms with van der Waals surface area (Å²) in [5.41, 5.74) is 0. The Labute approximate surface area is 107 Å². The molecule has 9 heteroatoms. The molecule has 0 saturated heterocycles. The fraction of sp³-hybridized carbons (Fsp3) is 0.100. The van der Waals surface area contributed by atoms with Crippen molar-refractivity contribution in [2.75, 3.05) is 0 Å². The number of carbonyl (C=O) groups is 4. The highest BCUT2D eigenvalue weighted by Crippen LogP contribution is 1.82. The summed E-state index contributed by atoms with van der Waals surface area (Å²) in [6, 6.07) is 0. The lowest BCUT2D eigenvalue weighted by Crippen LogP contribution is -2.19. The number of hydrogen-bond donors (Lipinski definition) is 4. The Kier molecular flexibility index (Phi) is 7.68. The van der Waals surface area contributed by atoms with Gasteiger partial charge in [0.1, 0.15) is 6.42 Å². The summed E-state index contributed by atoms with van der Waals surface area (Å²) in [5.74, 6) is -3.28. The number of amides is 2. The van der Waals surface area contributed by atoms with Crippen LogP contribution in [0, 0.1) is 0 Å². The highest BCUT2D eigenvalue weighted by Gasteiger charge is 2.06.